The van der Waals surface area contributed by atoms with E-state index in [1.165, 1.54) is 0 Å². The summed E-state index contributed by atoms with van der Waals surface area (Å²) in [6.45, 7) is 1.95. The fraction of sp³-hybridized carbons (Fsp3) is 0.375. The van der Waals surface area contributed by atoms with Gasteiger partial charge in [-0.2, -0.15) is 0 Å². The van der Waals surface area contributed by atoms with Crippen LogP contribution in [0, 0.1) is 0 Å². The maximum Gasteiger partial charge on any atom is 0.254 e. The molecule has 2 aliphatic heterocycles. The van der Waals surface area contributed by atoms with E-state index in [9.17, 15) is 9.59 Å². The van der Waals surface area contributed by atoms with E-state index in [4.69, 9.17) is 0 Å². The first-order valence-electron chi connectivity index (χ1n) is 7.39. The summed E-state index contributed by atoms with van der Waals surface area (Å²) in [4.78, 5) is 31.5. The highest BCUT2D eigenvalue weighted by molar-refractivity contribution is 6.06. The minimum Gasteiger partial charge on any atom is -0.361 e. The summed E-state index contributed by atoms with van der Waals surface area (Å²) in [6.07, 6.45) is 3.35. The topological polar surface area (TPSA) is 56.4 Å². The van der Waals surface area contributed by atoms with Gasteiger partial charge in [0.2, 0.25) is 5.91 Å². The predicted octanol–water partition coefficient (Wildman–Crippen LogP) is 1.61. The van der Waals surface area contributed by atoms with Crippen molar-refractivity contribution in [3.05, 3.63) is 36.0 Å². The second-order valence-electron chi connectivity index (χ2n) is 5.78. The molecule has 4 rings (SSSR count). The number of rotatable bonds is 1. The summed E-state index contributed by atoms with van der Waals surface area (Å²) < 4.78 is 0. The van der Waals surface area contributed by atoms with Gasteiger partial charge in [0, 0.05) is 54.8 Å². The van der Waals surface area contributed by atoms with Crippen LogP contribution in [0.4, 0.5) is 0 Å². The zero-order chi connectivity index (χ0) is 14.4. The third kappa shape index (κ3) is 1.92. The van der Waals surface area contributed by atoms with Crippen LogP contribution in [0.25, 0.3) is 10.9 Å². The molecule has 2 fully saturated rings. The maximum atomic E-state index is 12.8. The first kappa shape index (κ1) is 12.4. The largest absolute Gasteiger partial charge is 0.361 e. The molecule has 1 aromatic carbocycles. The average Bonchev–Trinajstić information content (AvgIpc) is 3.13. The number of hydrogen-bond donors (Lipinski definition) is 1. The van der Waals surface area contributed by atoms with Crippen molar-refractivity contribution in [3.63, 3.8) is 0 Å². The van der Waals surface area contributed by atoms with Gasteiger partial charge >= 0.3 is 0 Å². The van der Waals surface area contributed by atoms with Gasteiger partial charge in [0.15, 0.2) is 0 Å². The molecule has 3 heterocycles. The van der Waals surface area contributed by atoms with E-state index in [2.05, 4.69) is 4.98 Å². The highest BCUT2D eigenvalue weighted by Crippen LogP contribution is 2.25. The number of benzene rings is 1. The Bertz CT molecular complexity index is 721. The highest BCUT2D eigenvalue weighted by atomic mass is 16.2. The third-order valence-electron chi connectivity index (χ3n) is 4.61. The van der Waals surface area contributed by atoms with Crippen molar-refractivity contribution >= 4 is 22.7 Å². The Labute approximate surface area is 122 Å². The van der Waals surface area contributed by atoms with Crippen LogP contribution in [0.3, 0.4) is 0 Å². The van der Waals surface area contributed by atoms with Gasteiger partial charge < -0.3 is 14.8 Å². The number of carbonyl (C=O) groups excluding carboxylic acids is 2. The molecule has 1 unspecified atom stereocenters. The highest BCUT2D eigenvalue weighted by Gasteiger charge is 2.37. The molecule has 0 saturated carbocycles. The Morgan fingerprint density at radius 3 is 3.05 bits per heavy atom. The van der Waals surface area contributed by atoms with E-state index < -0.39 is 0 Å². The van der Waals surface area contributed by atoms with Crippen LogP contribution in [0.5, 0.6) is 0 Å². The van der Waals surface area contributed by atoms with Gasteiger partial charge in [0.1, 0.15) is 0 Å². The number of H-pyrrole nitrogens is 1. The first-order valence-corrected chi connectivity index (χ1v) is 7.39. The van der Waals surface area contributed by atoms with Gasteiger partial charge in [-0.1, -0.05) is 6.07 Å². The van der Waals surface area contributed by atoms with E-state index in [-0.39, 0.29) is 17.9 Å². The summed E-state index contributed by atoms with van der Waals surface area (Å²) in [5, 5.41) is 0.965. The number of piperazine rings is 1. The van der Waals surface area contributed by atoms with Crippen molar-refractivity contribution in [1.82, 2.24) is 14.8 Å². The Morgan fingerprint density at radius 2 is 2.14 bits per heavy atom. The van der Waals surface area contributed by atoms with Crippen molar-refractivity contribution in [2.75, 3.05) is 19.6 Å². The Morgan fingerprint density at radius 1 is 1.24 bits per heavy atom. The summed E-state index contributed by atoms with van der Waals surface area (Å²) in [6, 6.07) is 7.91. The molecule has 5 nitrogen and oxygen atoms in total. The first-order chi connectivity index (χ1) is 10.2. The summed E-state index contributed by atoms with van der Waals surface area (Å²) in [5.74, 6) is 0.305. The number of amides is 2. The number of carbonyl (C=O) groups is 2. The molecule has 1 N–H and O–H groups in total. The van der Waals surface area contributed by atoms with Crippen molar-refractivity contribution in [3.8, 4) is 0 Å². The normalized spacial score (nSPS) is 21.9. The van der Waals surface area contributed by atoms with E-state index in [0.29, 0.717) is 26.1 Å². The van der Waals surface area contributed by atoms with Crippen LogP contribution in [0.1, 0.15) is 23.2 Å². The molecular formula is C16H17N3O2. The minimum absolute atomic E-state index is 0.0687. The number of hydrogen-bond acceptors (Lipinski definition) is 2. The van der Waals surface area contributed by atoms with Crippen molar-refractivity contribution in [1.29, 1.82) is 0 Å². The number of fused-ring (bicyclic) bond motifs is 2. The Balaban J connectivity index is 1.61. The van der Waals surface area contributed by atoms with Crippen LogP contribution in [-0.2, 0) is 4.79 Å². The van der Waals surface area contributed by atoms with Crippen LogP contribution in [0.2, 0.25) is 0 Å². The molecule has 0 aliphatic carbocycles. The van der Waals surface area contributed by atoms with E-state index in [0.717, 1.165) is 22.9 Å². The second-order valence-corrected chi connectivity index (χ2v) is 5.78. The molecule has 21 heavy (non-hydrogen) atoms. The lowest BCUT2D eigenvalue weighted by molar-refractivity contribution is -0.130. The molecule has 5 heteroatoms. The number of nitrogens with zero attached hydrogens (tertiary/aromatic N) is 2. The molecule has 0 spiro atoms. The van der Waals surface area contributed by atoms with Crippen LogP contribution < -0.4 is 0 Å². The molecule has 108 valence electrons. The van der Waals surface area contributed by atoms with Crippen molar-refractivity contribution in [2.45, 2.75) is 18.9 Å². The summed E-state index contributed by atoms with van der Waals surface area (Å²) in [5.41, 5.74) is 1.72. The third-order valence-corrected chi connectivity index (χ3v) is 4.61. The summed E-state index contributed by atoms with van der Waals surface area (Å²) >= 11 is 0. The van der Waals surface area contributed by atoms with Crippen LogP contribution in [0.15, 0.2) is 30.5 Å². The number of aromatic nitrogens is 1. The summed E-state index contributed by atoms with van der Waals surface area (Å²) in [7, 11) is 0. The molecule has 2 aliphatic rings. The second kappa shape index (κ2) is 4.62. The van der Waals surface area contributed by atoms with Gasteiger partial charge in [-0.15, -0.1) is 0 Å². The zero-order valence-electron chi connectivity index (χ0n) is 11.7. The van der Waals surface area contributed by atoms with Crippen molar-refractivity contribution < 1.29 is 9.59 Å². The SMILES string of the molecule is O=C(c1cccc2[nH]ccc12)N1CCN2C(=O)CCC2C1. The Hall–Kier alpha value is -2.30. The van der Waals surface area contributed by atoms with Gasteiger partial charge in [-0.25, -0.2) is 0 Å². The molecular weight excluding hydrogens is 266 g/mol. The van der Waals surface area contributed by atoms with Gasteiger partial charge in [0.05, 0.1) is 0 Å². The molecule has 2 amide bonds. The average molecular weight is 283 g/mol. The number of nitrogens with one attached hydrogen (secondary N) is 1. The fourth-order valence-electron chi connectivity index (χ4n) is 3.49. The fourth-order valence-corrected chi connectivity index (χ4v) is 3.49. The molecule has 1 aromatic heterocycles. The molecule has 1 atom stereocenters. The Kier molecular flexibility index (Phi) is 2.74. The van der Waals surface area contributed by atoms with E-state index in [1.807, 2.05) is 40.3 Å². The number of aromatic amines is 1. The zero-order valence-corrected chi connectivity index (χ0v) is 11.7. The standard InChI is InChI=1S/C16H17N3O2/c20-15-5-4-11-10-18(8-9-19(11)15)16(21)13-2-1-3-14-12(13)6-7-17-14/h1-3,6-7,11,17H,4-5,8-10H2. The smallest absolute Gasteiger partial charge is 0.254 e. The monoisotopic (exact) mass is 283 g/mol. The van der Waals surface area contributed by atoms with Gasteiger partial charge in [0.25, 0.3) is 5.91 Å². The van der Waals surface area contributed by atoms with Crippen molar-refractivity contribution in [2.24, 2.45) is 0 Å². The predicted molar refractivity (Wildman–Crippen MR) is 78.9 cm³/mol. The quantitative estimate of drug-likeness (QED) is 0.864. The van der Waals surface area contributed by atoms with Gasteiger partial charge in [-0.05, 0) is 24.6 Å². The van der Waals surface area contributed by atoms with E-state index in [1.54, 1.807) is 0 Å². The maximum absolute atomic E-state index is 12.8. The minimum atomic E-state index is 0.0687. The van der Waals surface area contributed by atoms with Crippen LogP contribution >= 0.6 is 0 Å². The lowest BCUT2D eigenvalue weighted by Gasteiger charge is -2.37. The lowest BCUT2D eigenvalue weighted by atomic mass is 10.1. The molecule has 0 bridgehead atoms. The van der Waals surface area contributed by atoms with Crippen LogP contribution in [-0.4, -0.2) is 52.3 Å². The molecule has 0 radical (unpaired) electrons. The van der Waals surface area contributed by atoms with Gasteiger partial charge in [-0.3, -0.25) is 9.59 Å². The molecule has 2 saturated heterocycles. The molecule has 2 aromatic rings. The lowest BCUT2D eigenvalue weighted by Crippen LogP contribution is -2.53. The van der Waals surface area contributed by atoms with E-state index >= 15 is 0 Å².